The van der Waals surface area contributed by atoms with Crippen LogP contribution in [0.25, 0.3) is 0 Å². The largest absolute Gasteiger partial charge is 0.352 e. The number of rotatable bonds is 5. The fraction of sp³-hybridized carbons (Fsp3) is 0.474. The molecule has 148 valence electrons. The lowest BCUT2D eigenvalue weighted by Crippen LogP contribution is -2.40. The number of nitrogens with one attached hydrogen (secondary N) is 1. The third kappa shape index (κ3) is 4.14. The number of amides is 2. The number of hydrogen-bond donors (Lipinski definition) is 1. The maximum absolute atomic E-state index is 12.9. The molecule has 2 aliphatic heterocycles. The summed E-state index contributed by atoms with van der Waals surface area (Å²) in [5, 5.41) is 12.8. The minimum atomic E-state index is -0.281. The predicted molar refractivity (Wildman–Crippen MR) is 105 cm³/mol. The van der Waals surface area contributed by atoms with Crippen molar-refractivity contribution in [3.8, 4) is 0 Å². The highest BCUT2D eigenvalue weighted by Crippen LogP contribution is 2.32. The monoisotopic (exact) mass is 403 g/mol. The van der Waals surface area contributed by atoms with Crippen LogP contribution >= 0.6 is 11.3 Å². The van der Waals surface area contributed by atoms with Gasteiger partial charge in [0.2, 0.25) is 22.1 Å². The fourth-order valence-electron chi connectivity index (χ4n) is 3.56. The zero-order valence-corrected chi connectivity index (χ0v) is 16.3. The Morgan fingerprint density at radius 2 is 1.86 bits per heavy atom. The molecule has 2 amide bonds. The molecule has 7 nitrogen and oxygen atoms in total. The van der Waals surface area contributed by atoms with Gasteiger partial charge in [0, 0.05) is 38.5 Å². The molecule has 1 aromatic carbocycles. The van der Waals surface area contributed by atoms with Gasteiger partial charge in [-0.15, -0.1) is 10.2 Å². The smallest absolute Gasteiger partial charge is 0.228 e. The number of piperidine rings is 1. The first-order valence-electron chi connectivity index (χ1n) is 9.51. The van der Waals surface area contributed by atoms with Crippen molar-refractivity contribution in [2.45, 2.75) is 32.2 Å². The summed E-state index contributed by atoms with van der Waals surface area (Å²) in [6, 6.07) is 6.14. The van der Waals surface area contributed by atoms with E-state index >= 15 is 0 Å². The van der Waals surface area contributed by atoms with Crippen LogP contribution in [-0.2, 0) is 16.1 Å². The van der Waals surface area contributed by atoms with Gasteiger partial charge in [0.1, 0.15) is 5.82 Å². The van der Waals surface area contributed by atoms with Gasteiger partial charge in [-0.05, 0) is 37.0 Å². The highest BCUT2D eigenvalue weighted by Gasteiger charge is 2.29. The first-order chi connectivity index (χ1) is 13.6. The second-order valence-electron chi connectivity index (χ2n) is 7.12. The van der Waals surface area contributed by atoms with Crippen LogP contribution in [0, 0.1) is 11.7 Å². The molecule has 2 fully saturated rings. The van der Waals surface area contributed by atoms with Crippen LogP contribution in [0.4, 0.5) is 14.7 Å². The van der Waals surface area contributed by atoms with E-state index in [-0.39, 0.29) is 23.5 Å². The average molecular weight is 403 g/mol. The number of carbonyl (C=O) groups is 2. The number of aromatic nitrogens is 2. The van der Waals surface area contributed by atoms with Crippen molar-refractivity contribution < 1.29 is 14.0 Å². The van der Waals surface area contributed by atoms with Crippen molar-refractivity contribution in [1.29, 1.82) is 0 Å². The van der Waals surface area contributed by atoms with E-state index in [2.05, 4.69) is 20.4 Å². The van der Waals surface area contributed by atoms with Crippen molar-refractivity contribution in [1.82, 2.24) is 15.5 Å². The summed E-state index contributed by atoms with van der Waals surface area (Å²) in [5.74, 6) is -0.176. The predicted octanol–water partition coefficient (Wildman–Crippen LogP) is 2.34. The number of halogens is 1. The van der Waals surface area contributed by atoms with Gasteiger partial charge in [0.05, 0.1) is 0 Å². The summed E-state index contributed by atoms with van der Waals surface area (Å²) in [6.07, 6.45) is 2.93. The van der Waals surface area contributed by atoms with E-state index in [0.717, 1.165) is 43.0 Å². The molecule has 2 aliphatic rings. The molecule has 0 bridgehead atoms. The molecular weight excluding hydrogens is 381 g/mol. The molecule has 0 spiro atoms. The number of benzene rings is 1. The van der Waals surface area contributed by atoms with Crippen molar-refractivity contribution in [3.63, 3.8) is 0 Å². The maximum Gasteiger partial charge on any atom is 0.228 e. The molecule has 2 aromatic rings. The summed E-state index contributed by atoms with van der Waals surface area (Å²) >= 11 is 1.44. The molecule has 0 aliphatic carbocycles. The Kier molecular flexibility index (Phi) is 5.52. The van der Waals surface area contributed by atoms with Gasteiger partial charge in [-0.3, -0.25) is 14.5 Å². The SMILES string of the molecule is O=C(NCc1ccc(F)cc1)C1CCN(c2nnc(N3CCCC3=O)s2)CC1. The van der Waals surface area contributed by atoms with Crippen LogP contribution in [0.2, 0.25) is 0 Å². The molecule has 0 saturated carbocycles. The lowest BCUT2D eigenvalue weighted by molar-refractivity contribution is -0.125. The second-order valence-corrected chi connectivity index (χ2v) is 8.06. The van der Waals surface area contributed by atoms with Crippen LogP contribution in [0.1, 0.15) is 31.2 Å². The minimum Gasteiger partial charge on any atom is -0.352 e. The number of hydrogen-bond acceptors (Lipinski definition) is 6. The van der Waals surface area contributed by atoms with Crippen LogP contribution in [0.3, 0.4) is 0 Å². The van der Waals surface area contributed by atoms with Crippen LogP contribution in [0.15, 0.2) is 24.3 Å². The zero-order chi connectivity index (χ0) is 19.5. The molecule has 9 heteroatoms. The van der Waals surface area contributed by atoms with E-state index in [1.165, 1.54) is 23.5 Å². The number of anilines is 2. The Bertz CT molecular complexity index is 848. The Balaban J connectivity index is 1.27. The number of carbonyl (C=O) groups excluding carboxylic acids is 2. The van der Waals surface area contributed by atoms with Gasteiger partial charge in [0.25, 0.3) is 0 Å². The zero-order valence-electron chi connectivity index (χ0n) is 15.4. The third-order valence-electron chi connectivity index (χ3n) is 5.22. The fourth-order valence-corrected chi connectivity index (χ4v) is 4.51. The van der Waals surface area contributed by atoms with E-state index in [1.807, 2.05) is 0 Å². The standard InChI is InChI=1S/C19H22FN5O2S/c20-15-5-3-13(4-6-15)12-21-17(27)14-7-10-24(11-8-14)18-22-23-19(28-18)25-9-1-2-16(25)26/h3-6,14H,1-2,7-12H2,(H,21,27). The van der Waals surface area contributed by atoms with Crippen molar-refractivity contribution in [3.05, 3.63) is 35.6 Å². The molecule has 1 N–H and O–H groups in total. The van der Waals surface area contributed by atoms with Crippen LogP contribution in [-0.4, -0.2) is 41.6 Å². The van der Waals surface area contributed by atoms with Gasteiger partial charge >= 0.3 is 0 Å². The van der Waals surface area contributed by atoms with Gasteiger partial charge in [-0.2, -0.15) is 0 Å². The Morgan fingerprint density at radius 3 is 2.54 bits per heavy atom. The van der Waals surface area contributed by atoms with Gasteiger partial charge in [-0.1, -0.05) is 23.5 Å². The third-order valence-corrected chi connectivity index (χ3v) is 6.23. The van der Waals surface area contributed by atoms with Gasteiger partial charge < -0.3 is 10.2 Å². The molecular formula is C19H22FN5O2S. The second kappa shape index (κ2) is 8.22. The summed E-state index contributed by atoms with van der Waals surface area (Å²) in [4.78, 5) is 28.1. The quantitative estimate of drug-likeness (QED) is 0.829. The van der Waals surface area contributed by atoms with Gasteiger partial charge in [-0.25, -0.2) is 4.39 Å². The van der Waals surface area contributed by atoms with E-state index in [1.54, 1.807) is 17.0 Å². The average Bonchev–Trinajstić information content (AvgIpc) is 3.36. The van der Waals surface area contributed by atoms with Crippen LogP contribution in [0.5, 0.6) is 0 Å². The van der Waals surface area contributed by atoms with Crippen molar-refractivity contribution in [2.75, 3.05) is 29.4 Å². The van der Waals surface area contributed by atoms with Crippen LogP contribution < -0.4 is 15.1 Å². The summed E-state index contributed by atoms with van der Waals surface area (Å²) in [7, 11) is 0. The molecule has 2 saturated heterocycles. The van der Waals surface area contributed by atoms with Crippen molar-refractivity contribution >= 4 is 33.4 Å². The molecule has 0 atom stereocenters. The van der Waals surface area contributed by atoms with E-state index in [4.69, 9.17) is 0 Å². The van der Waals surface area contributed by atoms with Gasteiger partial charge in [0.15, 0.2) is 0 Å². The molecule has 4 rings (SSSR count). The Hall–Kier alpha value is -2.55. The summed E-state index contributed by atoms with van der Waals surface area (Å²) in [5.41, 5.74) is 0.880. The Labute approximate surface area is 166 Å². The Morgan fingerprint density at radius 1 is 1.14 bits per heavy atom. The molecule has 3 heterocycles. The highest BCUT2D eigenvalue weighted by molar-refractivity contribution is 7.19. The lowest BCUT2D eigenvalue weighted by atomic mass is 9.96. The lowest BCUT2D eigenvalue weighted by Gasteiger charge is -2.30. The molecule has 28 heavy (non-hydrogen) atoms. The summed E-state index contributed by atoms with van der Waals surface area (Å²) < 4.78 is 12.9. The highest BCUT2D eigenvalue weighted by atomic mass is 32.1. The number of nitrogens with zero attached hydrogens (tertiary/aromatic N) is 4. The van der Waals surface area contributed by atoms with Crippen molar-refractivity contribution in [2.24, 2.45) is 5.92 Å². The van der Waals surface area contributed by atoms with E-state index in [9.17, 15) is 14.0 Å². The maximum atomic E-state index is 12.9. The molecule has 1 aromatic heterocycles. The first kappa shape index (κ1) is 18.8. The normalized spacial score (nSPS) is 18.0. The first-order valence-corrected chi connectivity index (χ1v) is 10.3. The van der Waals surface area contributed by atoms with E-state index in [0.29, 0.717) is 24.6 Å². The minimum absolute atomic E-state index is 0.0320. The molecule has 0 unspecified atom stereocenters. The summed E-state index contributed by atoms with van der Waals surface area (Å²) in [6.45, 7) is 2.58. The van der Waals surface area contributed by atoms with E-state index < -0.39 is 0 Å². The molecule has 0 radical (unpaired) electrons. The topological polar surface area (TPSA) is 78.4 Å².